The van der Waals surface area contributed by atoms with Crippen LogP contribution in [0.15, 0.2) is 51.8 Å². The molecule has 0 saturated heterocycles. The van der Waals surface area contributed by atoms with Crippen molar-refractivity contribution in [2.24, 2.45) is 0 Å². The van der Waals surface area contributed by atoms with Gasteiger partial charge in [-0.3, -0.25) is 14.6 Å². The number of ether oxygens (including phenoxy) is 2. The summed E-state index contributed by atoms with van der Waals surface area (Å²) in [5, 5.41) is 21.9. The SMILES string of the molecule is CCCCc1[nH]c(=O)c(-c2nnc(CNC(=O)c3ccccn3)o2)c(O)c1-c1c(OC)cccc1OC. The van der Waals surface area contributed by atoms with Crippen molar-refractivity contribution in [2.45, 2.75) is 32.7 Å². The number of aromatic amines is 1. The van der Waals surface area contributed by atoms with E-state index < -0.39 is 11.5 Å². The molecule has 11 nitrogen and oxygen atoms in total. The second-order valence-corrected chi connectivity index (χ2v) is 8.07. The first-order chi connectivity index (χ1) is 18.0. The van der Waals surface area contributed by atoms with Crippen LogP contribution in [-0.4, -0.2) is 45.4 Å². The van der Waals surface area contributed by atoms with Crippen LogP contribution in [0.3, 0.4) is 0 Å². The third-order valence-corrected chi connectivity index (χ3v) is 5.70. The Morgan fingerprint density at radius 1 is 1.05 bits per heavy atom. The van der Waals surface area contributed by atoms with Gasteiger partial charge in [-0.2, -0.15) is 0 Å². The summed E-state index contributed by atoms with van der Waals surface area (Å²) in [7, 11) is 3.02. The summed E-state index contributed by atoms with van der Waals surface area (Å²) >= 11 is 0. The monoisotopic (exact) mass is 505 g/mol. The standard InChI is InChI=1S/C26H27N5O6/c1-4-5-9-15-20(21-17(35-2)11-8-12-18(21)36-3)23(32)22(25(34)29-15)26-31-30-19(37-26)14-28-24(33)16-10-6-7-13-27-16/h6-8,10-13H,4-5,9,14H2,1-3H3,(H,28,33)(H2,29,32,34). The Hall–Kier alpha value is -4.67. The van der Waals surface area contributed by atoms with Gasteiger partial charge in [-0.25, -0.2) is 0 Å². The molecule has 0 atom stereocenters. The van der Waals surface area contributed by atoms with E-state index in [9.17, 15) is 14.7 Å². The smallest absolute Gasteiger partial charge is 0.270 e. The summed E-state index contributed by atoms with van der Waals surface area (Å²) in [5.41, 5.74) is 0.802. The molecule has 0 fully saturated rings. The molecule has 1 amide bonds. The average molecular weight is 506 g/mol. The van der Waals surface area contributed by atoms with Crippen molar-refractivity contribution in [1.82, 2.24) is 25.5 Å². The van der Waals surface area contributed by atoms with Crippen molar-refractivity contribution in [3.63, 3.8) is 0 Å². The zero-order valence-electron chi connectivity index (χ0n) is 20.7. The largest absolute Gasteiger partial charge is 0.506 e. The van der Waals surface area contributed by atoms with Crippen LogP contribution < -0.4 is 20.3 Å². The molecule has 0 saturated carbocycles. The highest BCUT2D eigenvalue weighted by Gasteiger charge is 2.27. The molecule has 37 heavy (non-hydrogen) atoms. The molecule has 3 aromatic heterocycles. The summed E-state index contributed by atoms with van der Waals surface area (Å²) in [6.45, 7) is 1.94. The third-order valence-electron chi connectivity index (χ3n) is 5.70. The van der Waals surface area contributed by atoms with Crippen LogP contribution in [0.25, 0.3) is 22.6 Å². The van der Waals surface area contributed by atoms with Crippen LogP contribution in [0, 0.1) is 0 Å². The van der Waals surface area contributed by atoms with Gasteiger partial charge in [-0.05, 0) is 37.1 Å². The van der Waals surface area contributed by atoms with Crippen LogP contribution in [0.5, 0.6) is 17.2 Å². The highest BCUT2D eigenvalue weighted by molar-refractivity contribution is 5.92. The molecule has 3 N–H and O–H groups in total. The number of pyridine rings is 2. The minimum absolute atomic E-state index is 0.0459. The first-order valence-electron chi connectivity index (χ1n) is 11.7. The van der Waals surface area contributed by atoms with Crippen molar-refractivity contribution < 1.29 is 23.8 Å². The van der Waals surface area contributed by atoms with Gasteiger partial charge in [0, 0.05) is 11.9 Å². The predicted octanol–water partition coefficient (Wildman–Crippen LogP) is 3.48. The van der Waals surface area contributed by atoms with Crippen molar-refractivity contribution in [3.8, 4) is 39.8 Å². The topological polar surface area (TPSA) is 152 Å². The number of unbranched alkanes of at least 4 members (excludes halogenated alkanes) is 1. The van der Waals surface area contributed by atoms with Crippen LogP contribution in [0.4, 0.5) is 0 Å². The molecule has 192 valence electrons. The van der Waals surface area contributed by atoms with Gasteiger partial charge in [-0.1, -0.05) is 25.5 Å². The molecule has 3 heterocycles. The van der Waals surface area contributed by atoms with E-state index in [4.69, 9.17) is 13.9 Å². The van der Waals surface area contributed by atoms with Gasteiger partial charge >= 0.3 is 0 Å². The number of hydrogen-bond acceptors (Lipinski definition) is 9. The maximum atomic E-state index is 13.1. The highest BCUT2D eigenvalue weighted by Crippen LogP contribution is 2.46. The summed E-state index contributed by atoms with van der Waals surface area (Å²) in [4.78, 5) is 32.2. The molecule has 0 radical (unpaired) electrons. The van der Waals surface area contributed by atoms with Crippen LogP contribution in [0.1, 0.15) is 41.8 Å². The fraction of sp³-hybridized carbons (Fsp3) is 0.269. The maximum Gasteiger partial charge on any atom is 0.270 e. The van der Waals surface area contributed by atoms with E-state index in [1.807, 2.05) is 6.92 Å². The predicted molar refractivity (Wildman–Crippen MR) is 135 cm³/mol. The number of amides is 1. The molecule has 1 aromatic carbocycles. The minimum Gasteiger partial charge on any atom is -0.506 e. The van der Waals surface area contributed by atoms with Crippen LogP contribution in [-0.2, 0) is 13.0 Å². The van der Waals surface area contributed by atoms with E-state index >= 15 is 0 Å². The normalized spacial score (nSPS) is 10.8. The van der Waals surface area contributed by atoms with Crippen molar-refractivity contribution >= 4 is 5.91 Å². The summed E-state index contributed by atoms with van der Waals surface area (Å²) < 4.78 is 16.7. The molecule has 0 aliphatic rings. The Kier molecular flexibility index (Phi) is 7.82. The number of aromatic hydroxyl groups is 1. The highest BCUT2D eigenvalue weighted by atomic mass is 16.5. The second-order valence-electron chi connectivity index (χ2n) is 8.07. The van der Waals surface area contributed by atoms with Gasteiger partial charge in [0.1, 0.15) is 28.5 Å². The lowest BCUT2D eigenvalue weighted by atomic mass is 9.96. The van der Waals surface area contributed by atoms with Gasteiger partial charge in [-0.15, -0.1) is 10.2 Å². The number of nitrogens with one attached hydrogen (secondary N) is 2. The second kappa shape index (κ2) is 11.4. The summed E-state index contributed by atoms with van der Waals surface area (Å²) in [5.74, 6) is -0.0116. The Morgan fingerprint density at radius 2 is 1.81 bits per heavy atom. The Morgan fingerprint density at radius 3 is 2.46 bits per heavy atom. The van der Waals surface area contributed by atoms with Gasteiger partial charge in [0.05, 0.1) is 31.9 Å². The average Bonchev–Trinajstić information content (AvgIpc) is 3.39. The summed E-state index contributed by atoms with van der Waals surface area (Å²) in [6, 6.07) is 10.2. The number of carbonyl (C=O) groups is 1. The van der Waals surface area contributed by atoms with E-state index in [0.717, 1.165) is 12.8 Å². The van der Waals surface area contributed by atoms with E-state index in [-0.39, 0.29) is 35.3 Å². The number of aryl methyl sites for hydroxylation is 1. The quantitative estimate of drug-likeness (QED) is 0.294. The van der Waals surface area contributed by atoms with Crippen LogP contribution >= 0.6 is 0 Å². The number of hydrogen-bond donors (Lipinski definition) is 3. The van der Waals surface area contributed by atoms with E-state index in [0.29, 0.717) is 34.7 Å². The maximum absolute atomic E-state index is 13.1. The number of carbonyl (C=O) groups excluding carboxylic acids is 1. The number of aromatic nitrogens is 4. The third kappa shape index (κ3) is 5.30. The fourth-order valence-electron chi connectivity index (χ4n) is 3.91. The van der Waals surface area contributed by atoms with E-state index in [1.165, 1.54) is 20.4 Å². The number of H-pyrrole nitrogens is 1. The van der Waals surface area contributed by atoms with Gasteiger partial charge in [0.15, 0.2) is 0 Å². The lowest BCUT2D eigenvalue weighted by molar-refractivity contribution is 0.0942. The first-order valence-corrected chi connectivity index (χ1v) is 11.7. The molecule has 0 aliphatic carbocycles. The van der Waals surface area contributed by atoms with Gasteiger partial charge < -0.3 is 29.3 Å². The van der Waals surface area contributed by atoms with Crippen molar-refractivity contribution in [3.05, 3.63) is 70.2 Å². The zero-order valence-corrected chi connectivity index (χ0v) is 20.7. The molecule has 4 aromatic rings. The molecule has 4 rings (SSSR count). The fourth-order valence-corrected chi connectivity index (χ4v) is 3.91. The lowest BCUT2D eigenvalue weighted by Crippen LogP contribution is -2.23. The van der Waals surface area contributed by atoms with Gasteiger partial charge in [0.25, 0.3) is 17.4 Å². The molecule has 0 aliphatic heterocycles. The van der Waals surface area contributed by atoms with Crippen molar-refractivity contribution in [1.29, 1.82) is 0 Å². The van der Waals surface area contributed by atoms with Gasteiger partial charge in [0.2, 0.25) is 5.89 Å². The van der Waals surface area contributed by atoms with Crippen LogP contribution in [0.2, 0.25) is 0 Å². The molecule has 0 bridgehead atoms. The Balaban J connectivity index is 1.75. The molecule has 0 spiro atoms. The van der Waals surface area contributed by atoms with E-state index in [1.54, 1.807) is 36.4 Å². The minimum atomic E-state index is -0.589. The molecule has 11 heteroatoms. The van der Waals surface area contributed by atoms with Crippen molar-refractivity contribution in [2.75, 3.05) is 14.2 Å². The summed E-state index contributed by atoms with van der Waals surface area (Å²) in [6.07, 6.45) is 3.67. The number of rotatable bonds is 10. The Bertz CT molecular complexity index is 1430. The zero-order chi connectivity index (χ0) is 26.4. The van der Waals surface area contributed by atoms with E-state index in [2.05, 4.69) is 25.5 Å². The lowest BCUT2D eigenvalue weighted by Gasteiger charge is -2.18. The molecule has 0 unspecified atom stereocenters. The first kappa shape index (κ1) is 25.4. The number of methoxy groups -OCH3 is 2. The molecular formula is C26H27N5O6. The molecular weight excluding hydrogens is 478 g/mol. The number of nitrogens with zero attached hydrogens (tertiary/aromatic N) is 3. The number of benzene rings is 1. The Labute approximate surface area is 212 Å².